The van der Waals surface area contributed by atoms with Crippen LogP contribution in [0.1, 0.15) is 11.3 Å². The fourth-order valence-electron chi connectivity index (χ4n) is 5.06. The van der Waals surface area contributed by atoms with Crippen molar-refractivity contribution in [3.05, 3.63) is 82.9 Å². The van der Waals surface area contributed by atoms with E-state index in [1.165, 1.54) is 0 Å². The highest BCUT2D eigenvalue weighted by molar-refractivity contribution is 8.18. The van der Waals surface area contributed by atoms with Gasteiger partial charge >= 0.3 is 0 Å². The van der Waals surface area contributed by atoms with Gasteiger partial charge in [0.25, 0.3) is 11.1 Å². The van der Waals surface area contributed by atoms with E-state index in [1.807, 2.05) is 35.2 Å². The largest absolute Gasteiger partial charge is 0.473 e. The Labute approximate surface area is 230 Å². The van der Waals surface area contributed by atoms with Gasteiger partial charge in [0.1, 0.15) is 6.61 Å². The van der Waals surface area contributed by atoms with Crippen LogP contribution in [0.4, 0.5) is 10.7 Å². The summed E-state index contributed by atoms with van der Waals surface area (Å²) < 4.78 is 33.8. The monoisotopic (exact) mass is 563 g/mol. The van der Waals surface area contributed by atoms with Gasteiger partial charge in [-0.2, -0.15) is 9.29 Å². The van der Waals surface area contributed by atoms with Crippen molar-refractivity contribution in [2.75, 3.05) is 31.1 Å². The van der Waals surface area contributed by atoms with Crippen LogP contribution in [0.15, 0.2) is 76.5 Å². The van der Waals surface area contributed by atoms with E-state index in [1.54, 1.807) is 46.8 Å². The van der Waals surface area contributed by atoms with E-state index < -0.39 is 21.2 Å². The first kappa shape index (κ1) is 25.5. The molecular formula is C27H25N5O5S2. The quantitative estimate of drug-likeness (QED) is 0.432. The zero-order chi connectivity index (χ0) is 27.0. The predicted octanol–water partition coefficient (Wildman–Crippen LogP) is 3.14. The Morgan fingerprint density at radius 1 is 0.949 bits per heavy atom. The van der Waals surface area contributed by atoms with E-state index in [4.69, 9.17) is 4.74 Å². The fourth-order valence-corrected chi connectivity index (χ4v) is 7.30. The number of ether oxygens (including phenoxy) is 1. The normalized spacial score (nSPS) is 22.4. The van der Waals surface area contributed by atoms with Gasteiger partial charge in [0.2, 0.25) is 21.9 Å². The molecule has 1 aromatic heterocycles. The van der Waals surface area contributed by atoms with Gasteiger partial charge in [0.05, 0.1) is 15.5 Å². The number of hydrogen-bond donors (Lipinski definition) is 1. The summed E-state index contributed by atoms with van der Waals surface area (Å²) in [4.78, 5) is 35.6. The van der Waals surface area contributed by atoms with E-state index in [-0.39, 0.29) is 16.7 Å². The Morgan fingerprint density at radius 3 is 2.26 bits per heavy atom. The number of nitrogens with zero attached hydrogens (tertiary/aromatic N) is 4. The van der Waals surface area contributed by atoms with Crippen molar-refractivity contribution < 1.29 is 22.7 Å². The van der Waals surface area contributed by atoms with Gasteiger partial charge in [-0.05, 0) is 47.4 Å². The maximum atomic E-state index is 13.1. The number of aromatic nitrogens is 2. The van der Waals surface area contributed by atoms with Crippen LogP contribution in [0.2, 0.25) is 0 Å². The number of hydrogen-bond acceptors (Lipinski definition) is 9. The maximum absolute atomic E-state index is 13.1. The first-order valence-electron chi connectivity index (χ1n) is 12.5. The van der Waals surface area contributed by atoms with Gasteiger partial charge in [0, 0.05) is 32.2 Å². The van der Waals surface area contributed by atoms with Crippen LogP contribution in [0.25, 0.3) is 6.08 Å². The molecule has 0 spiro atoms. The van der Waals surface area contributed by atoms with Crippen molar-refractivity contribution in [1.29, 1.82) is 0 Å². The number of carbonyl (C=O) groups excluding carboxylic acids is 2. The van der Waals surface area contributed by atoms with Crippen molar-refractivity contribution in [3.63, 3.8) is 0 Å². The van der Waals surface area contributed by atoms with E-state index in [2.05, 4.69) is 15.3 Å². The Balaban J connectivity index is 1.22. The molecule has 3 aliphatic heterocycles. The molecular weight excluding hydrogens is 538 g/mol. The Bertz CT molecular complexity index is 1540. The summed E-state index contributed by atoms with van der Waals surface area (Å²) in [6.07, 6.45) is 1.55. The SMILES string of the molecule is O=C1NC(=O)/C(=C/c2cc(OCc3ccccc3)nc(N3CC4CN(S(=O)(=O)c5ccccc5)CC4C3)n2)S1. The summed E-state index contributed by atoms with van der Waals surface area (Å²) >= 11 is 0.821. The number of imide groups is 1. The zero-order valence-electron chi connectivity index (χ0n) is 20.8. The lowest BCUT2D eigenvalue weighted by molar-refractivity contribution is -0.115. The molecule has 0 saturated carbocycles. The molecule has 0 radical (unpaired) electrons. The zero-order valence-corrected chi connectivity index (χ0v) is 22.4. The van der Waals surface area contributed by atoms with Crippen LogP contribution >= 0.6 is 11.8 Å². The standard InChI is InChI=1S/C27H25N5O5S2/c33-25-23(38-27(34)30-25)11-21-12-24(37-17-18-7-3-1-4-8-18)29-26(28-21)31-13-19-15-32(16-20(19)14-31)39(35,36)22-9-5-2-6-10-22/h1-12,19-20H,13-17H2,(H,30,33,34)/b23-11-. The minimum Gasteiger partial charge on any atom is -0.473 e. The minimum absolute atomic E-state index is 0.136. The van der Waals surface area contributed by atoms with Crippen molar-refractivity contribution in [2.45, 2.75) is 11.5 Å². The molecule has 2 amide bonds. The number of carbonyl (C=O) groups is 2. The number of nitrogens with one attached hydrogen (secondary N) is 1. The molecule has 39 heavy (non-hydrogen) atoms. The molecule has 3 saturated heterocycles. The second kappa shape index (κ2) is 10.4. The predicted molar refractivity (Wildman–Crippen MR) is 146 cm³/mol. The third kappa shape index (κ3) is 5.40. The van der Waals surface area contributed by atoms with Crippen LogP contribution in [-0.2, 0) is 21.4 Å². The topological polar surface area (TPSA) is 122 Å². The van der Waals surface area contributed by atoms with Gasteiger partial charge in [-0.15, -0.1) is 0 Å². The van der Waals surface area contributed by atoms with Crippen molar-refractivity contribution >= 4 is 45.0 Å². The molecule has 3 fully saturated rings. The second-order valence-corrected chi connectivity index (χ2v) is 12.6. The lowest BCUT2D eigenvalue weighted by Gasteiger charge is -2.22. The third-order valence-corrected chi connectivity index (χ3v) is 9.63. The number of anilines is 1. The van der Waals surface area contributed by atoms with Gasteiger partial charge in [0.15, 0.2) is 0 Å². The van der Waals surface area contributed by atoms with E-state index in [0.717, 1.165) is 17.3 Å². The molecule has 6 rings (SSSR count). The average molecular weight is 564 g/mol. The highest BCUT2D eigenvalue weighted by atomic mass is 32.2. The molecule has 0 bridgehead atoms. The maximum Gasteiger partial charge on any atom is 0.290 e. The van der Waals surface area contributed by atoms with Crippen LogP contribution in [0.3, 0.4) is 0 Å². The summed E-state index contributed by atoms with van der Waals surface area (Å²) in [5.74, 6) is 0.588. The molecule has 2 unspecified atom stereocenters. The summed E-state index contributed by atoms with van der Waals surface area (Å²) in [6, 6.07) is 19.8. The summed E-state index contributed by atoms with van der Waals surface area (Å²) in [5, 5.41) is 1.82. The summed E-state index contributed by atoms with van der Waals surface area (Å²) in [6.45, 7) is 2.35. The number of fused-ring (bicyclic) bond motifs is 1. The fraction of sp³-hybridized carbons (Fsp3) is 0.259. The molecule has 2 aromatic carbocycles. The smallest absolute Gasteiger partial charge is 0.290 e. The molecule has 12 heteroatoms. The van der Waals surface area contributed by atoms with Crippen LogP contribution in [0.5, 0.6) is 5.88 Å². The molecule has 200 valence electrons. The van der Waals surface area contributed by atoms with Gasteiger partial charge in [-0.3, -0.25) is 14.9 Å². The van der Waals surface area contributed by atoms with Gasteiger partial charge < -0.3 is 9.64 Å². The van der Waals surface area contributed by atoms with E-state index in [9.17, 15) is 18.0 Å². The Kier molecular flexibility index (Phi) is 6.83. The number of sulfonamides is 1. The van der Waals surface area contributed by atoms with Crippen LogP contribution < -0.4 is 15.0 Å². The molecule has 3 aromatic rings. The average Bonchev–Trinajstić information content (AvgIpc) is 3.62. The lowest BCUT2D eigenvalue weighted by Crippen LogP contribution is -2.33. The molecule has 1 N–H and O–H groups in total. The number of amides is 2. The first-order chi connectivity index (χ1) is 18.8. The highest BCUT2D eigenvalue weighted by Crippen LogP contribution is 2.36. The molecule has 3 aliphatic rings. The summed E-state index contributed by atoms with van der Waals surface area (Å²) in [7, 11) is -3.55. The van der Waals surface area contributed by atoms with Gasteiger partial charge in [-0.1, -0.05) is 48.5 Å². The molecule has 0 aliphatic carbocycles. The van der Waals surface area contributed by atoms with Crippen molar-refractivity contribution in [1.82, 2.24) is 19.6 Å². The third-order valence-electron chi connectivity index (χ3n) is 6.98. The van der Waals surface area contributed by atoms with Crippen LogP contribution in [-0.4, -0.2) is 60.0 Å². The molecule has 10 nitrogen and oxygen atoms in total. The number of benzene rings is 2. The Morgan fingerprint density at radius 2 is 1.62 bits per heavy atom. The molecule has 4 heterocycles. The Hall–Kier alpha value is -3.74. The summed E-state index contributed by atoms with van der Waals surface area (Å²) in [5.41, 5.74) is 1.42. The lowest BCUT2D eigenvalue weighted by atomic mass is 10.0. The van der Waals surface area contributed by atoms with Crippen molar-refractivity contribution in [2.24, 2.45) is 11.8 Å². The van der Waals surface area contributed by atoms with E-state index in [0.29, 0.717) is 55.2 Å². The van der Waals surface area contributed by atoms with Crippen LogP contribution in [0, 0.1) is 11.8 Å². The minimum atomic E-state index is -3.55. The first-order valence-corrected chi connectivity index (χ1v) is 14.7. The number of thioether (sulfide) groups is 1. The second-order valence-electron chi connectivity index (χ2n) is 9.62. The highest BCUT2D eigenvalue weighted by Gasteiger charge is 2.45. The van der Waals surface area contributed by atoms with Crippen molar-refractivity contribution in [3.8, 4) is 5.88 Å². The van der Waals surface area contributed by atoms with E-state index >= 15 is 0 Å². The van der Waals surface area contributed by atoms with Gasteiger partial charge in [-0.25, -0.2) is 13.4 Å². The number of rotatable bonds is 7. The molecule has 2 atom stereocenters.